The van der Waals surface area contributed by atoms with Gasteiger partial charge in [-0.05, 0) is 29.3 Å². The molecule has 13 heavy (non-hydrogen) atoms. The van der Waals surface area contributed by atoms with Gasteiger partial charge in [-0.1, -0.05) is 17.7 Å². The summed E-state index contributed by atoms with van der Waals surface area (Å²) in [6.45, 7) is 0. The molecule has 0 saturated heterocycles. The number of carbonyl (C=O) groups is 1. The molecule has 0 unspecified atom stereocenters. The lowest BCUT2D eigenvalue weighted by Crippen LogP contribution is -1.99. The summed E-state index contributed by atoms with van der Waals surface area (Å²) in [7, 11) is 0. The Hall–Kier alpha value is -1.28. The third-order valence-corrected chi connectivity index (χ3v) is 2.33. The topological polar surface area (TPSA) is 37.3 Å². The molecule has 3 heteroatoms. The average Bonchev–Trinajstić information content (AvgIpc) is 2.46. The molecule has 0 fully saturated rings. The molecule has 0 amide bonds. The summed E-state index contributed by atoms with van der Waals surface area (Å²) in [5.74, 6) is -0.854. The second-order valence-electron chi connectivity index (χ2n) is 2.99. The summed E-state index contributed by atoms with van der Waals surface area (Å²) in [4.78, 5) is 10.7. The Morgan fingerprint density at radius 3 is 2.92 bits per heavy atom. The molecule has 0 aromatic heterocycles. The van der Waals surface area contributed by atoms with Gasteiger partial charge in [0.25, 0.3) is 0 Å². The minimum Gasteiger partial charge on any atom is -0.478 e. The van der Waals surface area contributed by atoms with Crippen LogP contribution in [-0.2, 0) is 11.2 Å². The van der Waals surface area contributed by atoms with Gasteiger partial charge in [-0.25, -0.2) is 4.79 Å². The quantitative estimate of drug-likeness (QED) is 0.745. The van der Waals surface area contributed by atoms with Crippen LogP contribution in [0.1, 0.15) is 11.1 Å². The van der Waals surface area contributed by atoms with Crippen LogP contribution in [0.4, 0.5) is 0 Å². The fourth-order valence-corrected chi connectivity index (χ4v) is 1.64. The Labute approximate surface area is 80.5 Å². The second kappa shape index (κ2) is 2.89. The molecule has 1 aliphatic carbocycles. The Bertz CT molecular complexity index is 407. The number of hydrogen-bond acceptors (Lipinski definition) is 1. The smallest absolute Gasteiger partial charge is 0.331 e. The zero-order valence-electron chi connectivity index (χ0n) is 6.75. The van der Waals surface area contributed by atoms with Gasteiger partial charge in [0, 0.05) is 17.0 Å². The van der Waals surface area contributed by atoms with E-state index in [1.807, 2.05) is 12.1 Å². The zero-order valence-corrected chi connectivity index (χ0v) is 7.51. The van der Waals surface area contributed by atoms with E-state index in [2.05, 4.69) is 0 Å². The van der Waals surface area contributed by atoms with Crippen molar-refractivity contribution in [3.05, 3.63) is 39.9 Å². The van der Waals surface area contributed by atoms with Crippen molar-refractivity contribution in [2.45, 2.75) is 6.42 Å². The minimum atomic E-state index is -0.854. The normalized spacial score (nSPS) is 13.8. The van der Waals surface area contributed by atoms with Crippen LogP contribution in [0.3, 0.4) is 0 Å². The summed E-state index contributed by atoms with van der Waals surface area (Å²) in [6, 6.07) is 5.42. The van der Waals surface area contributed by atoms with Crippen LogP contribution in [0.2, 0.25) is 5.02 Å². The van der Waals surface area contributed by atoms with Crippen molar-refractivity contribution in [2.75, 3.05) is 0 Å². The van der Waals surface area contributed by atoms with Crippen molar-refractivity contribution in [3.63, 3.8) is 0 Å². The van der Waals surface area contributed by atoms with Crippen molar-refractivity contribution < 1.29 is 9.90 Å². The molecule has 0 bridgehead atoms. The first-order valence-corrected chi connectivity index (χ1v) is 4.27. The van der Waals surface area contributed by atoms with Gasteiger partial charge in [0.15, 0.2) is 0 Å². The highest BCUT2D eigenvalue weighted by molar-refractivity contribution is 6.30. The van der Waals surface area contributed by atoms with Crippen molar-refractivity contribution in [2.24, 2.45) is 0 Å². The molecule has 0 spiro atoms. The molecular weight excluding hydrogens is 188 g/mol. The number of benzene rings is 1. The summed E-state index contributed by atoms with van der Waals surface area (Å²) in [6.07, 6.45) is 2.17. The molecule has 0 radical (unpaired) electrons. The van der Waals surface area contributed by atoms with Gasteiger partial charge in [0.2, 0.25) is 0 Å². The van der Waals surface area contributed by atoms with Crippen LogP contribution < -0.4 is 0 Å². The van der Waals surface area contributed by atoms with Gasteiger partial charge in [-0.3, -0.25) is 0 Å². The molecule has 1 aliphatic rings. The number of halogens is 1. The molecule has 2 nitrogen and oxygen atoms in total. The Balaban J connectivity index is 2.41. The Morgan fingerprint density at radius 1 is 1.46 bits per heavy atom. The van der Waals surface area contributed by atoms with Crippen molar-refractivity contribution >= 4 is 23.6 Å². The zero-order chi connectivity index (χ0) is 9.42. The van der Waals surface area contributed by atoms with Crippen LogP contribution in [0.5, 0.6) is 0 Å². The van der Waals surface area contributed by atoms with E-state index in [9.17, 15) is 4.79 Å². The SMILES string of the molecule is O=C(O)C1=Cc2ccc(Cl)cc2C1. The Kier molecular flexibility index (Phi) is 1.85. The van der Waals surface area contributed by atoms with Gasteiger partial charge in [0.05, 0.1) is 0 Å². The van der Waals surface area contributed by atoms with Crippen LogP contribution >= 0.6 is 11.6 Å². The number of hydrogen-bond donors (Lipinski definition) is 1. The second-order valence-corrected chi connectivity index (χ2v) is 3.43. The molecular formula is C10H7ClO2. The highest BCUT2D eigenvalue weighted by atomic mass is 35.5. The van der Waals surface area contributed by atoms with E-state index < -0.39 is 5.97 Å². The van der Waals surface area contributed by atoms with Crippen molar-refractivity contribution in [3.8, 4) is 0 Å². The molecule has 1 aromatic rings. The summed E-state index contributed by atoms with van der Waals surface area (Å²) in [5, 5.41) is 9.41. The summed E-state index contributed by atoms with van der Waals surface area (Å²) < 4.78 is 0. The van der Waals surface area contributed by atoms with Crippen LogP contribution in [-0.4, -0.2) is 11.1 Å². The van der Waals surface area contributed by atoms with Gasteiger partial charge < -0.3 is 5.11 Å². The number of fused-ring (bicyclic) bond motifs is 1. The lowest BCUT2D eigenvalue weighted by atomic mass is 10.1. The Morgan fingerprint density at radius 2 is 2.23 bits per heavy atom. The maximum atomic E-state index is 10.7. The third kappa shape index (κ3) is 1.45. The predicted octanol–water partition coefficient (Wildman–Crippen LogP) is 2.36. The monoisotopic (exact) mass is 194 g/mol. The van der Waals surface area contributed by atoms with Crippen LogP contribution in [0, 0.1) is 0 Å². The molecule has 2 rings (SSSR count). The van der Waals surface area contributed by atoms with Crippen LogP contribution in [0.15, 0.2) is 23.8 Å². The first-order chi connectivity index (χ1) is 6.16. The number of aliphatic carboxylic acids is 1. The predicted molar refractivity (Wildman–Crippen MR) is 50.8 cm³/mol. The number of rotatable bonds is 1. The van der Waals surface area contributed by atoms with E-state index >= 15 is 0 Å². The molecule has 0 atom stereocenters. The lowest BCUT2D eigenvalue weighted by molar-refractivity contribution is -0.132. The molecule has 0 saturated carbocycles. The van der Waals surface area contributed by atoms with Gasteiger partial charge in [-0.2, -0.15) is 0 Å². The highest BCUT2D eigenvalue weighted by Gasteiger charge is 2.17. The molecule has 0 aliphatic heterocycles. The highest BCUT2D eigenvalue weighted by Crippen LogP contribution is 2.27. The maximum Gasteiger partial charge on any atom is 0.331 e. The average molecular weight is 195 g/mol. The van der Waals surface area contributed by atoms with Gasteiger partial charge in [-0.15, -0.1) is 0 Å². The molecule has 1 aromatic carbocycles. The maximum absolute atomic E-state index is 10.7. The lowest BCUT2D eigenvalue weighted by Gasteiger charge is -1.97. The molecule has 1 N–H and O–H groups in total. The van der Waals surface area contributed by atoms with Crippen molar-refractivity contribution in [1.82, 2.24) is 0 Å². The van der Waals surface area contributed by atoms with E-state index in [1.54, 1.807) is 12.1 Å². The molecule has 0 heterocycles. The van der Waals surface area contributed by atoms with E-state index in [4.69, 9.17) is 16.7 Å². The minimum absolute atomic E-state index is 0.428. The van der Waals surface area contributed by atoms with Crippen molar-refractivity contribution in [1.29, 1.82) is 0 Å². The largest absolute Gasteiger partial charge is 0.478 e. The van der Waals surface area contributed by atoms with E-state index in [0.717, 1.165) is 11.1 Å². The third-order valence-electron chi connectivity index (χ3n) is 2.09. The number of carboxylic acid groups (broad SMARTS) is 1. The van der Waals surface area contributed by atoms with Crippen LogP contribution in [0.25, 0.3) is 6.08 Å². The first-order valence-electron chi connectivity index (χ1n) is 3.89. The summed E-state index contributed by atoms with van der Waals surface area (Å²) in [5.41, 5.74) is 2.38. The fraction of sp³-hybridized carbons (Fsp3) is 0.100. The van der Waals surface area contributed by atoms with Gasteiger partial charge >= 0.3 is 5.97 Å². The van der Waals surface area contributed by atoms with Gasteiger partial charge in [0.1, 0.15) is 0 Å². The van der Waals surface area contributed by atoms with E-state index in [-0.39, 0.29) is 0 Å². The fourth-order valence-electron chi connectivity index (χ4n) is 1.45. The first kappa shape index (κ1) is 8.32. The summed E-state index contributed by atoms with van der Waals surface area (Å²) >= 11 is 5.78. The standard InChI is InChI=1S/C10H7ClO2/c11-9-2-1-6-3-8(10(12)13)4-7(6)5-9/h1-3,5H,4H2,(H,12,13). The number of carboxylic acids is 1. The van der Waals surface area contributed by atoms with E-state index in [1.165, 1.54) is 0 Å². The molecule has 66 valence electrons. The van der Waals surface area contributed by atoms with E-state index in [0.29, 0.717) is 17.0 Å².